The van der Waals surface area contributed by atoms with Gasteiger partial charge in [0.1, 0.15) is 0 Å². The predicted octanol–water partition coefficient (Wildman–Crippen LogP) is 2.94. The summed E-state index contributed by atoms with van der Waals surface area (Å²) in [6.45, 7) is 6.77. The van der Waals surface area contributed by atoms with Crippen molar-refractivity contribution in [2.75, 3.05) is 26.2 Å². The molecule has 0 bridgehead atoms. The molecule has 0 aromatic carbocycles. The SMILES string of the molecule is CCOC1CCN(C(C)(CN)CCCC(F)(F)F)CC1. The quantitative estimate of drug-likeness (QED) is 0.785. The number of alkyl halides is 3. The summed E-state index contributed by atoms with van der Waals surface area (Å²) in [6.07, 6.45) is -2.01. The summed E-state index contributed by atoms with van der Waals surface area (Å²) in [5, 5.41) is 0. The zero-order valence-electron chi connectivity index (χ0n) is 12.5. The fourth-order valence-electron chi connectivity index (χ4n) is 2.86. The Labute approximate surface area is 119 Å². The van der Waals surface area contributed by atoms with Crippen LogP contribution in [-0.2, 0) is 4.74 Å². The van der Waals surface area contributed by atoms with Gasteiger partial charge in [-0.25, -0.2) is 0 Å². The van der Waals surface area contributed by atoms with Gasteiger partial charge in [0.25, 0.3) is 0 Å². The second-order valence-electron chi connectivity index (χ2n) is 5.81. The Morgan fingerprint density at radius 3 is 2.25 bits per heavy atom. The van der Waals surface area contributed by atoms with E-state index in [2.05, 4.69) is 4.90 Å². The van der Waals surface area contributed by atoms with Crippen LogP contribution in [0.4, 0.5) is 13.2 Å². The molecule has 3 nitrogen and oxygen atoms in total. The third kappa shape index (κ3) is 5.58. The van der Waals surface area contributed by atoms with E-state index in [-0.39, 0.29) is 18.1 Å². The summed E-state index contributed by atoms with van der Waals surface area (Å²) in [7, 11) is 0. The van der Waals surface area contributed by atoms with Crippen LogP contribution in [0, 0.1) is 0 Å². The monoisotopic (exact) mass is 296 g/mol. The zero-order chi connectivity index (χ0) is 15.2. The average Bonchev–Trinajstić information content (AvgIpc) is 2.38. The highest BCUT2D eigenvalue weighted by molar-refractivity contribution is 4.90. The molecule has 1 atom stereocenters. The molecule has 20 heavy (non-hydrogen) atoms. The Morgan fingerprint density at radius 2 is 1.80 bits per heavy atom. The van der Waals surface area contributed by atoms with Crippen molar-refractivity contribution in [3.05, 3.63) is 0 Å². The number of piperidine rings is 1. The molecule has 1 rings (SSSR count). The maximum absolute atomic E-state index is 12.3. The summed E-state index contributed by atoms with van der Waals surface area (Å²) in [5.74, 6) is 0. The topological polar surface area (TPSA) is 38.5 Å². The van der Waals surface area contributed by atoms with E-state index >= 15 is 0 Å². The van der Waals surface area contributed by atoms with E-state index in [4.69, 9.17) is 10.5 Å². The van der Waals surface area contributed by atoms with Crippen molar-refractivity contribution in [3.63, 3.8) is 0 Å². The molecule has 0 aromatic heterocycles. The molecular formula is C14H27F3N2O. The number of likely N-dealkylation sites (tertiary alicyclic amines) is 1. The van der Waals surface area contributed by atoms with Crippen LogP contribution in [0.2, 0.25) is 0 Å². The molecule has 1 saturated heterocycles. The van der Waals surface area contributed by atoms with Gasteiger partial charge in [-0.2, -0.15) is 13.2 Å². The minimum absolute atomic E-state index is 0.141. The van der Waals surface area contributed by atoms with Gasteiger partial charge in [-0.05, 0) is 39.5 Å². The van der Waals surface area contributed by atoms with Crippen LogP contribution in [0.25, 0.3) is 0 Å². The van der Waals surface area contributed by atoms with Crippen molar-refractivity contribution < 1.29 is 17.9 Å². The third-order valence-corrected chi connectivity index (χ3v) is 4.22. The fourth-order valence-corrected chi connectivity index (χ4v) is 2.86. The molecule has 1 fully saturated rings. The maximum Gasteiger partial charge on any atom is 0.389 e. The van der Waals surface area contributed by atoms with Crippen LogP contribution in [0.5, 0.6) is 0 Å². The molecule has 0 radical (unpaired) electrons. The molecule has 0 aliphatic carbocycles. The van der Waals surface area contributed by atoms with Crippen LogP contribution in [0.15, 0.2) is 0 Å². The second-order valence-corrected chi connectivity index (χ2v) is 5.81. The number of ether oxygens (including phenoxy) is 1. The lowest BCUT2D eigenvalue weighted by Gasteiger charge is -2.44. The maximum atomic E-state index is 12.3. The first-order valence-electron chi connectivity index (χ1n) is 7.44. The van der Waals surface area contributed by atoms with E-state index in [0.717, 1.165) is 25.9 Å². The van der Waals surface area contributed by atoms with Gasteiger partial charge in [-0.15, -0.1) is 0 Å². The Morgan fingerprint density at radius 1 is 1.20 bits per heavy atom. The van der Waals surface area contributed by atoms with Gasteiger partial charge in [0.05, 0.1) is 6.10 Å². The lowest BCUT2D eigenvalue weighted by molar-refractivity contribution is -0.137. The highest BCUT2D eigenvalue weighted by Crippen LogP contribution is 2.29. The summed E-state index contributed by atoms with van der Waals surface area (Å²) < 4.78 is 42.4. The number of rotatable bonds is 7. The van der Waals surface area contributed by atoms with Gasteiger partial charge in [0, 0.05) is 38.2 Å². The van der Waals surface area contributed by atoms with Gasteiger partial charge in [0.2, 0.25) is 0 Å². The van der Waals surface area contributed by atoms with E-state index in [1.54, 1.807) is 0 Å². The van der Waals surface area contributed by atoms with Gasteiger partial charge >= 0.3 is 6.18 Å². The number of halogens is 3. The van der Waals surface area contributed by atoms with Crippen LogP contribution < -0.4 is 5.73 Å². The Bertz CT molecular complexity index is 278. The van der Waals surface area contributed by atoms with Crippen LogP contribution >= 0.6 is 0 Å². The van der Waals surface area contributed by atoms with Gasteiger partial charge in [-0.3, -0.25) is 4.90 Å². The van der Waals surface area contributed by atoms with Crippen molar-refractivity contribution in [3.8, 4) is 0 Å². The number of hydrogen-bond donors (Lipinski definition) is 1. The third-order valence-electron chi connectivity index (χ3n) is 4.22. The van der Waals surface area contributed by atoms with E-state index < -0.39 is 12.6 Å². The standard InChI is InChI=1S/C14H27F3N2O/c1-3-20-12-5-9-19(10-6-12)13(2,11-18)7-4-8-14(15,16)17/h12H,3-11,18H2,1-2H3. The van der Waals surface area contributed by atoms with Crippen LogP contribution in [0.3, 0.4) is 0 Å². The highest BCUT2D eigenvalue weighted by atomic mass is 19.4. The first kappa shape index (κ1) is 17.7. The van der Waals surface area contributed by atoms with Crippen LogP contribution in [-0.4, -0.2) is 49.0 Å². The lowest BCUT2D eigenvalue weighted by atomic mass is 9.90. The highest BCUT2D eigenvalue weighted by Gasteiger charge is 2.35. The largest absolute Gasteiger partial charge is 0.389 e. The normalized spacial score (nSPS) is 21.9. The van der Waals surface area contributed by atoms with Crippen molar-refractivity contribution in [1.82, 2.24) is 4.90 Å². The predicted molar refractivity (Wildman–Crippen MR) is 73.6 cm³/mol. The molecule has 120 valence electrons. The Hall–Kier alpha value is -0.330. The van der Waals surface area contributed by atoms with E-state index in [1.165, 1.54) is 0 Å². The zero-order valence-corrected chi connectivity index (χ0v) is 12.5. The summed E-state index contributed by atoms with van der Waals surface area (Å²) in [6, 6.07) is 0. The summed E-state index contributed by atoms with van der Waals surface area (Å²) in [5.41, 5.74) is 5.50. The summed E-state index contributed by atoms with van der Waals surface area (Å²) >= 11 is 0. The molecule has 6 heteroatoms. The molecule has 1 aliphatic heterocycles. The number of nitrogens with two attached hydrogens (primary N) is 1. The first-order chi connectivity index (χ1) is 9.30. The molecular weight excluding hydrogens is 269 g/mol. The summed E-state index contributed by atoms with van der Waals surface area (Å²) in [4.78, 5) is 2.24. The Kier molecular flexibility index (Phi) is 6.75. The van der Waals surface area contributed by atoms with Crippen molar-refractivity contribution in [2.24, 2.45) is 5.73 Å². The number of nitrogens with zero attached hydrogens (tertiary/aromatic N) is 1. The molecule has 0 saturated carbocycles. The molecule has 0 spiro atoms. The van der Waals surface area contributed by atoms with E-state index in [9.17, 15) is 13.2 Å². The Balaban J connectivity index is 2.44. The fraction of sp³-hybridized carbons (Fsp3) is 1.00. The molecule has 1 heterocycles. The molecule has 0 amide bonds. The second kappa shape index (κ2) is 7.61. The lowest BCUT2D eigenvalue weighted by Crippen LogP contribution is -2.55. The molecule has 2 N–H and O–H groups in total. The average molecular weight is 296 g/mol. The van der Waals surface area contributed by atoms with Crippen LogP contribution in [0.1, 0.15) is 46.0 Å². The van der Waals surface area contributed by atoms with Crippen molar-refractivity contribution in [1.29, 1.82) is 0 Å². The smallest absolute Gasteiger partial charge is 0.378 e. The minimum Gasteiger partial charge on any atom is -0.378 e. The first-order valence-corrected chi connectivity index (χ1v) is 7.44. The number of hydrogen-bond acceptors (Lipinski definition) is 3. The van der Waals surface area contributed by atoms with Gasteiger partial charge in [-0.1, -0.05) is 0 Å². The van der Waals surface area contributed by atoms with Gasteiger partial charge in [0.15, 0.2) is 0 Å². The molecule has 1 aliphatic rings. The van der Waals surface area contributed by atoms with E-state index in [0.29, 0.717) is 19.6 Å². The molecule has 1 unspecified atom stereocenters. The van der Waals surface area contributed by atoms with Crippen molar-refractivity contribution >= 4 is 0 Å². The van der Waals surface area contributed by atoms with Gasteiger partial charge < -0.3 is 10.5 Å². The van der Waals surface area contributed by atoms with E-state index in [1.807, 2.05) is 13.8 Å². The molecule has 0 aromatic rings. The van der Waals surface area contributed by atoms with Crippen molar-refractivity contribution in [2.45, 2.75) is 63.8 Å². The minimum atomic E-state index is -4.07.